The fourth-order valence-corrected chi connectivity index (χ4v) is 15.5. The number of benzene rings is 16. The summed E-state index contributed by atoms with van der Waals surface area (Å²) in [6, 6.07) is 136. The number of fused-ring (bicyclic) bond motifs is 8. The molecule has 16 aromatic rings. The molecule has 20 rings (SSSR count). The van der Waals surface area contributed by atoms with E-state index in [0.29, 0.717) is 0 Å². The van der Waals surface area contributed by atoms with Gasteiger partial charge in [-0.25, -0.2) is 0 Å². The Bertz CT molecular complexity index is 5580. The Morgan fingerprint density at radius 3 is 0.972 bits per heavy atom. The molecule has 4 aliphatic rings. The molecular weight excluding hydrogens is 1340 g/mol. The summed E-state index contributed by atoms with van der Waals surface area (Å²) < 4.78 is 18.5. The third-order valence-electron chi connectivity index (χ3n) is 19.7. The van der Waals surface area contributed by atoms with Crippen molar-refractivity contribution in [1.29, 1.82) is 0 Å². The molecule has 0 saturated heterocycles. The molecule has 0 N–H and O–H groups in total. The number of anilines is 12. The molecule has 0 aromatic heterocycles. The summed E-state index contributed by atoms with van der Waals surface area (Å²) in [6.07, 6.45) is 0. The normalized spacial score (nSPS) is 12.2. The highest BCUT2D eigenvalue weighted by Crippen LogP contribution is 2.56. The average molecular weight is 1410 g/mol. The molecule has 0 amide bonds. The molecule has 0 bridgehead atoms. The minimum absolute atomic E-state index is 0.876. The molecule has 4 aliphatic heterocycles. The molecule has 0 saturated carbocycles. The molecule has 0 radical (unpaired) electrons. The van der Waals surface area contributed by atoms with Crippen LogP contribution < -0.4 is 33.8 Å². The molecule has 16 aromatic carbocycles. The van der Waals surface area contributed by atoms with Gasteiger partial charge < -0.3 is 33.8 Å². The lowest BCUT2D eigenvalue weighted by molar-refractivity contribution is 0.473. The smallest absolute Gasteiger partial charge is 0.154 e. The van der Waals surface area contributed by atoms with Gasteiger partial charge in [0, 0.05) is 32.5 Å². The van der Waals surface area contributed by atoms with Crippen LogP contribution in [0, 0.1) is 27.7 Å². The Morgan fingerprint density at radius 1 is 0.194 bits per heavy atom. The van der Waals surface area contributed by atoms with Crippen LogP contribution in [0.5, 0.6) is 34.5 Å². The number of hydrogen-bond acceptors (Lipinski definition) is 8. The predicted octanol–water partition coefficient (Wildman–Crippen LogP) is 29.3. The summed E-state index contributed by atoms with van der Waals surface area (Å²) in [6.45, 7) is 8.43. The highest BCUT2D eigenvalue weighted by atomic mass is 32.2. The van der Waals surface area contributed by atoms with Crippen LogP contribution >= 0.6 is 11.8 Å². The first-order chi connectivity index (χ1) is 53.2. The highest BCUT2D eigenvalue weighted by molar-refractivity contribution is 7.99. The lowest BCUT2D eigenvalue weighted by atomic mass is 10.0. The van der Waals surface area contributed by atoms with Crippen molar-refractivity contribution in [3.05, 3.63) is 411 Å². The van der Waals surface area contributed by atoms with Gasteiger partial charge in [0.25, 0.3) is 0 Å². The second-order valence-electron chi connectivity index (χ2n) is 27.1. The fourth-order valence-electron chi connectivity index (χ4n) is 14.4. The zero-order chi connectivity index (χ0) is 72.9. The van der Waals surface area contributed by atoms with Crippen LogP contribution in [0.1, 0.15) is 22.3 Å². The number of hydrogen-bond donors (Lipinski definition) is 0. The Kier molecular flexibility index (Phi) is 19.0. The largest absolute Gasteiger partial charge is 0.453 e. The van der Waals surface area contributed by atoms with Crippen molar-refractivity contribution < 1.29 is 14.2 Å². The number of para-hydroxylation sites is 8. The zero-order valence-corrected chi connectivity index (χ0v) is 61.2. The first-order valence-corrected chi connectivity index (χ1v) is 37.3. The van der Waals surface area contributed by atoms with E-state index in [2.05, 4.69) is 357 Å². The maximum Gasteiger partial charge on any atom is 0.154 e. The van der Waals surface area contributed by atoms with E-state index in [9.17, 15) is 0 Å². The minimum atomic E-state index is 0.876. The van der Waals surface area contributed by atoms with E-state index in [1.807, 2.05) is 90.6 Å². The molecule has 0 fully saturated rings. The van der Waals surface area contributed by atoms with Gasteiger partial charge >= 0.3 is 0 Å². The van der Waals surface area contributed by atoms with Crippen LogP contribution in [0.3, 0.4) is 0 Å². The van der Waals surface area contributed by atoms with Gasteiger partial charge in [0.2, 0.25) is 0 Å². The van der Waals surface area contributed by atoms with E-state index < -0.39 is 0 Å². The quantitative estimate of drug-likeness (QED) is 0.149. The van der Waals surface area contributed by atoms with Crippen molar-refractivity contribution in [3.63, 3.8) is 0 Å². The van der Waals surface area contributed by atoms with Gasteiger partial charge in [0.1, 0.15) is 0 Å². The molecule has 0 unspecified atom stereocenters. The van der Waals surface area contributed by atoms with Crippen molar-refractivity contribution in [3.8, 4) is 79.0 Å². The molecule has 520 valence electrons. The van der Waals surface area contributed by atoms with Crippen molar-refractivity contribution >= 4 is 80.0 Å². The van der Waals surface area contributed by atoms with E-state index in [1.165, 1.54) is 88.1 Å². The van der Waals surface area contributed by atoms with E-state index in [1.54, 1.807) is 0 Å². The zero-order valence-electron chi connectivity index (χ0n) is 60.4. The first-order valence-electron chi connectivity index (χ1n) is 36.5. The Morgan fingerprint density at radius 2 is 0.500 bits per heavy atom. The van der Waals surface area contributed by atoms with Crippen LogP contribution in [0.2, 0.25) is 0 Å². The fraction of sp³-hybridized carbons (Fsp3) is 0.0400. The Balaban J connectivity index is 0.000000105. The van der Waals surface area contributed by atoms with Crippen LogP contribution in [-0.2, 0) is 0 Å². The van der Waals surface area contributed by atoms with E-state index >= 15 is 0 Å². The molecule has 7 nitrogen and oxygen atoms in total. The summed E-state index contributed by atoms with van der Waals surface area (Å²) in [7, 11) is 0. The summed E-state index contributed by atoms with van der Waals surface area (Å²) in [5, 5.41) is 0. The summed E-state index contributed by atoms with van der Waals surface area (Å²) in [5.74, 6) is 5.32. The number of ether oxygens (including phenoxy) is 3. The Labute approximate surface area is 636 Å². The second-order valence-corrected chi connectivity index (χ2v) is 28.2. The topological polar surface area (TPSA) is 40.7 Å². The summed E-state index contributed by atoms with van der Waals surface area (Å²) >= 11 is 1.85. The maximum atomic E-state index is 6.21. The SMILES string of the molecule is Cc1ccc2c(c1)N(c1ccc(-c3ccccc3)cc1)c1ccccc1O2.Cc1ccc2c(c1)Oc1ccccc1N2c1ccc(-c2ccccc2)cc1.Cc1ccc2c(c1)Sc1ccccc1N2c1ccc(-c2ccccc2)cc1.Cc1cccc2c1Oc1ccccc1N2c1ccc(-c2ccccc2)cc1. The Hall–Kier alpha value is -13.5. The number of nitrogens with zero attached hydrogens (tertiary/aromatic N) is 4. The molecule has 0 spiro atoms. The van der Waals surface area contributed by atoms with Gasteiger partial charge in [-0.15, -0.1) is 0 Å². The lowest BCUT2D eigenvalue weighted by Gasteiger charge is -2.33. The van der Waals surface area contributed by atoms with Gasteiger partial charge in [0.15, 0.2) is 34.5 Å². The van der Waals surface area contributed by atoms with Crippen LogP contribution in [-0.4, -0.2) is 0 Å². The molecule has 8 heteroatoms. The number of rotatable bonds is 8. The van der Waals surface area contributed by atoms with E-state index in [4.69, 9.17) is 14.2 Å². The summed E-state index contributed by atoms with van der Waals surface area (Å²) in [5.41, 5.74) is 28.0. The van der Waals surface area contributed by atoms with Gasteiger partial charge in [-0.05, 0) is 234 Å². The third kappa shape index (κ3) is 14.0. The van der Waals surface area contributed by atoms with Crippen molar-refractivity contribution in [2.75, 3.05) is 19.6 Å². The third-order valence-corrected chi connectivity index (χ3v) is 20.8. The van der Waals surface area contributed by atoms with Crippen molar-refractivity contribution in [2.24, 2.45) is 0 Å². The number of aryl methyl sites for hydroxylation is 4. The predicted molar refractivity (Wildman–Crippen MR) is 450 cm³/mol. The molecule has 4 heterocycles. The summed E-state index contributed by atoms with van der Waals surface area (Å²) in [4.78, 5) is 11.8. The van der Waals surface area contributed by atoms with Crippen molar-refractivity contribution in [1.82, 2.24) is 0 Å². The van der Waals surface area contributed by atoms with E-state index in [-0.39, 0.29) is 0 Å². The van der Waals surface area contributed by atoms with Gasteiger partial charge in [-0.1, -0.05) is 260 Å². The van der Waals surface area contributed by atoms with Crippen molar-refractivity contribution in [2.45, 2.75) is 37.5 Å². The average Bonchev–Trinajstić information content (AvgIpc) is 0.775. The lowest BCUT2D eigenvalue weighted by Crippen LogP contribution is -2.16. The van der Waals surface area contributed by atoms with Crippen LogP contribution in [0.25, 0.3) is 44.5 Å². The maximum absolute atomic E-state index is 6.21. The molecular formula is C100H76N4O3S. The van der Waals surface area contributed by atoms with E-state index in [0.717, 1.165) is 91.2 Å². The van der Waals surface area contributed by atoms with Gasteiger partial charge in [0.05, 0.1) is 45.5 Å². The van der Waals surface area contributed by atoms with Gasteiger partial charge in [-0.2, -0.15) is 0 Å². The minimum Gasteiger partial charge on any atom is -0.453 e. The standard InChI is InChI=1S/3C25H19NO.C25H19NS/c1-18-8-7-12-23-25(18)27-24-13-6-5-11-22(24)26(23)21-16-14-20(15-17-21)19-9-3-2-4-10-19;1-18-11-16-25-23(17-18)26(22-9-5-6-10-24(22)27-25)21-14-12-20(13-15-21)19-7-3-2-4-8-19;2*1-18-11-16-23-25(17-18)27-24-10-6-5-9-22(24)26(23)21-14-12-20(13-15-21)19-7-3-2-4-8-19/h4*2-17H,1H3. The molecule has 0 atom stereocenters. The monoisotopic (exact) mass is 1410 g/mol. The molecule has 0 aliphatic carbocycles. The highest BCUT2D eigenvalue weighted by Gasteiger charge is 2.30. The molecule has 108 heavy (non-hydrogen) atoms. The van der Waals surface area contributed by atoms with Crippen LogP contribution in [0.4, 0.5) is 68.2 Å². The van der Waals surface area contributed by atoms with Gasteiger partial charge in [-0.3, -0.25) is 0 Å². The second kappa shape index (κ2) is 30.3. The van der Waals surface area contributed by atoms with Crippen LogP contribution in [0.15, 0.2) is 398 Å². The first kappa shape index (κ1) is 67.6.